The molecule has 5 heteroatoms. The maximum atomic E-state index is 5.62. The second kappa shape index (κ2) is 6.30. The summed E-state index contributed by atoms with van der Waals surface area (Å²) in [5.74, 6) is 2.44. The first kappa shape index (κ1) is 14.1. The van der Waals surface area contributed by atoms with E-state index in [4.69, 9.17) is 13.9 Å². The van der Waals surface area contributed by atoms with Crippen molar-refractivity contribution in [3.8, 4) is 23.0 Å². The Kier molecular flexibility index (Phi) is 4.05. The van der Waals surface area contributed by atoms with E-state index in [0.717, 1.165) is 22.6 Å². The van der Waals surface area contributed by atoms with Gasteiger partial charge in [-0.15, -0.1) is 10.2 Å². The van der Waals surface area contributed by atoms with Gasteiger partial charge in [-0.3, -0.25) is 0 Å². The number of aromatic nitrogens is 2. The van der Waals surface area contributed by atoms with Gasteiger partial charge in [0.05, 0.1) is 7.11 Å². The highest BCUT2D eigenvalue weighted by atomic mass is 16.5. The van der Waals surface area contributed by atoms with E-state index in [2.05, 4.69) is 10.2 Å². The Bertz CT molecular complexity index is 751. The Morgan fingerprint density at radius 2 is 1.77 bits per heavy atom. The zero-order valence-electron chi connectivity index (χ0n) is 12.4. The fraction of sp³-hybridized carbons (Fsp3) is 0.176. The molecule has 0 spiro atoms. The molecule has 0 aliphatic rings. The van der Waals surface area contributed by atoms with E-state index in [-0.39, 0.29) is 6.61 Å². The summed E-state index contributed by atoms with van der Waals surface area (Å²) < 4.78 is 16.3. The molecule has 0 aliphatic carbocycles. The van der Waals surface area contributed by atoms with Gasteiger partial charge in [-0.25, -0.2) is 0 Å². The average Bonchev–Trinajstić information content (AvgIpc) is 3.02. The van der Waals surface area contributed by atoms with Crippen molar-refractivity contribution in [2.75, 3.05) is 7.11 Å². The van der Waals surface area contributed by atoms with Crippen LogP contribution in [0.1, 0.15) is 11.5 Å². The number of nitrogens with zero attached hydrogens (tertiary/aromatic N) is 2. The zero-order valence-corrected chi connectivity index (χ0v) is 12.4. The van der Waals surface area contributed by atoms with Gasteiger partial charge < -0.3 is 13.9 Å². The maximum Gasteiger partial charge on any atom is 0.254 e. The molecule has 3 aromatic rings. The Hall–Kier alpha value is -2.82. The maximum absolute atomic E-state index is 5.62. The number of benzene rings is 2. The van der Waals surface area contributed by atoms with Gasteiger partial charge in [0, 0.05) is 5.56 Å². The summed E-state index contributed by atoms with van der Waals surface area (Å²) in [4.78, 5) is 0. The predicted molar refractivity (Wildman–Crippen MR) is 81.8 cm³/mol. The van der Waals surface area contributed by atoms with Crippen molar-refractivity contribution in [1.29, 1.82) is 0 Å². The van der Waals surface area contributed by atoms with Crippen LogP contribution in [0.5, 0.6) is 11.5 Å². The molecule has 22 heavy (non-hydrogen) atoms. The summed E-state index contributed by atoms with van der Waals surface area (Å²) in [7, 11) is 1.63. The highest BCUT2D eigenvalue weighted by Crippen LogP contribution is 2.21. The van der Waals surface area contributed by atoms with Gasteiger partial charge >= 0.3 is 0 Å². The van der Waals surface area contributed by atoms with Crippen LogP contribution in [0.2, 0.25) is 0 Å². The lowest BCUT2D eigenvalue weighted by Crippen LogP contribution is -1.95. The molecule has 0 bridgehead atoms. The van der Waals surface area contributed by atoms with Crippen molar-refractivity contribution in [2.45, 2.75) is 13.5 Å². The van der Waals surface area contributed by atoms with Crippen LogP contribution in [0, 0.1) is 6.92 Å². The summed E-state index contributed by atoms with van der Waals surface area (Å²) in [5, 5.41) is 8.06. The molecule has 0 saturated heterocycles. The van der Waals surface area contributed by atoms with Crippen LogP contribution in [0.3, 0.4) is 0 Å². The highest BCUT2D eigenvalue weighted by molar-refractivity contribution is 5.53. The predicted octanol–water partition coefficient (Wildman–Crippen LogP) is 3.63. The molecule has 0 saturated carbocycles. The fourth-order valence-corrected chi connectivity index (χ4v) is 2.02. The van der Waals surface area contributed by atoms with Crippen molar-refractivity contribution in [3.05, 3.63) is 60.0 Å². The normalized spacial score (nSPS) is 10.5. The molecule has 3 rings (SSSR count). The lowest BCUT2D eigenvalue weighted by atomic mass is 10.1. The van der Waals surface area contributed by atoms with Crippen molar-refractivity contribution < 1.29 is 13.9 Å². The molecule has 112 valence electrons. The Balaban J connectivity index is 1.66. The number of hydrogen-bond acceptors (Lipinski definition) is 5. The average molecular weight is 296 g/mol. The van der Waals surface area contributed by atoms with Crippen LogP contribution in [0.4, 0.5) is 0 Å². The van der Waals surface area contributed by atoms with E-state index in [1.165, 1.54) is 0 Å². The molecule has 2 aromatic carbocycles. The SMILES string of the molecule is COc1ccc(OCc2nnc(-c3cccc(C)c3)o2)cc1. The van der Waals surface area contributed by atoms with E-state index in [9.17, 15) is 0 Å². The number of methoxy groups -OCH3 is 1. The summed E-state index contributed by atoms with van der Waals surface area (Å²) in [6, 6.07) is 15.3. The van der Waals surface area contributed by atoms with Crippen molar-refractivity contribution in [2.24, 2.45) is 0 Å². The van der Waals surface area contributed by atoms with Gasteiger partial charge in [0.2, 0.25) is 5.89 Å². The molecule has 0 unspecified atom stereocenters. The molecular weight excluding hydrogens is 280 g/mol. The first-order chi connectivity index (χ1) is 10.7. The third kappa shape index (κ3) is 3.25. The summed E-state index contributed by atoms with van der Waals surface area (Å²) in [6.07, 6.45) is 0. The molecule has 0 atom stereocenters. The third-order valence-corrected chi connectivity index (χ3v) is 3.15. The molecular formula is C17H16N2O3. The Labute approximate surface area is 128 Å². The van der Waals surface area contributed by atoms with Crippen LogP contribution in [-0.2, 0) is 6.61 Å². The van der Waals surface area contributed by atoms with Crippen molar-refractivity contribution >= 4 is 0 Å². The van der Waals surface area contributed by atoms with E-state index in [0.29, 0.717) is 11.8 Å². The summed E-state index contributed by atoms with van der Waals surface area (Å²) in [6.45, 7) is 2.25. The molecule has 0 aliphatic heterocycles. The van der Waals surface area contributed by atoms with Crippen molar-refractivity contribution in [3.63, 3.8) is 0 Å². The lowest BCUT2D eigenvalue weighted by Gasteiger charge is -2.04. The quantitative estimate of drug-likeness (QED) is 0.719. The molecule has 0 amide bonds. The Morgan fingerprint density at radius 3 is 2.50 bits per heavy atom. The fourth-order valence-electron chi connectivity index (χ4n) is 2.02. The standard InChI is InChI=1S/C17H16N2O3/c1-12-4-3-5-13(10-12)17-19-18-16(22-17)11-21-15-8-6-14(20-2)7-9-15/h3-10H,11H2,1-2H3. The van der Waals surface area contributed by atoms with Gasteiger partial charge in [-0.2, -0.15) is 0 Å². The zero-order chi connectivity index (χ0) is 15.4. The second-order valence-electron chi connectivity index (χ2n) is 4.83. The highest BCUT2D eigenvalue weighted by Gasteiger charge is 2.09. The molecule has 0 N–H and O–H groups in total. The lowest BCUT2D eigenvalue weighted by molar-refractivity contribution is 0.264. The smallest absolute Gasteiger partial charge is 0.254 e. The van der Waals surface area contributed by atoms with Crippen molar-refractivity contribution in [1.82, 2.24) is 10.2 Å². The summed E-state index contributed by atoms with van der Waals surface area (Å²) in [5.41, 5.74) is 2.05. The van der Waals surface area contributed by atoms with Crippen LogP contribution in [-0.4, -0.2) is 17.3 Å². The van der Waals surface area contributed by atoms with Crippen LogP contribution >= 0.6 is 0 Å². The second-order valence-corrected chi connectivity index (χ2v) is 4.83. The molecule has 5 nitrogen and oxygen atoms in total. The molecule has 0 fully saturated rings. The minimum atomic E-state index is 0.227. The first-order valence-corrected chi connectivity index (χ1v) is 6.91. The van der Waals surface area contributed by atoms with Gasteiger partial charge in [-0.1, -0.05) is 17.7 Å². The van der Waals surface area contributed by atoms with E-state index < -0.39 is 0 Å². The number of hydrogen-bond donors (Lipinski definition) is 0. The molecule has 0 radical (unpaired) electrons. The summed E-state index contributed by atoms with van der Waals surface area (Å²) >= 11 is 0. The van der Waals surface area contributed by atoms with Crippen LogP contribution in [0.15, 0.2) is 52.9 Å². The van der Waals surface area contributed by atoms with Gasteiger partial charge in [0.25, 0.3) is 5.89 Å². The van der Waals surface area contributed by atoms with Crippen LogP contribution in [0.25, 0.3) is 11.5 Å². The minimum Gasteiger partial charge on any atom is -0.497 e. The molecule has 1 aromatic heterocycles. The van der Waals surface area contributed by atoms with Crippen LogP contribution < -0.4 is 9.47 Å². The number of aryl methyl sites for hydroxylation is 1. The van der Waals surface area contributed by atoms with Gasteiger partial charge in [0.15, 0.2) is 6.61 Å². The molecule has 1 heterocycles. The Morgan fingerprint density at radius 1 is 1.00 bits per heavy atom. The topological polar surface area (TPSA) is 57.4 Å². The van der Waals surface area contributed by atoms with E-state index >= 15 is 0 Å². The minimum absolute atomic E-state index is 0.227. The van der Waals surface area contributed by atoms with E-state index in [1.807, 2.05) is 55.5 Å². The number of ether oxygens (including phenoxy) is 2. The van der Waals surface area contributed by atoms with Gasteiger partial charge in [-0.05, 0) is 43.3 Å². The monoisotopic (exact) mass is 296 g/mol. The van der Waals surface area contributed by atoms with E-state index in [1.54, 1.807) is 7.11 Å². The number of rotatable bonds is 5. The first-order valence-electron chi connectivity index (χ1n) is 6.91. The van der Waals surface area contributed by atoms with Gasteiger partial charge in [0.1, 0.15) is 11.5 Å². The largest absolute Gasteiger partial charge is 0.497 e. The third-order valence-electron chi connectivity index (χ3n) is 3.15.